The first-order chi connectivity index (χ1) is 13.0. The summed E-state index contributed by atoms with van der Waals surface area (Å²) in [5.74, 6) is -0.217. The predicted molar refractivity (Wildman–Crippen MR) is 100 cm³/mol. The summed E-state index contributed by atoms with van der Waals surface area (Å²) >= 11 is 0. The van der Waals surface area contributed by atoms with E-state index in [1.54, 1.807) is 24.3 Å². The maximum absolute atomic E-state index is 12.4. The molecule has 0 saturated carbocycles. The Hall–Kier alpha value is -1.64. The molecule has 1 N–H and O–H groups in total. The number of morpholine rings is 1. The second kappa shape index (κ2) is 9.24. The van der Waals surface area contributed by atoms with Gasteiger partial charge in [-0.25, -0.2) is 0 Å². The third-order valence-corrected chi connectivity index (χ3v) is 4.71. The highest BCUT2D eigenvalue weighted by Gasteiger charge is 2.33. The molecule has 8 heteroatoms. The molecule has 1 fully saturated rings. The summed E-state index contributed by atoms with van der Waals surface area (Å²) in [6.45, 7) is 8.89. The van der Waals surface area contributed by atoms with Crippen LogP contribution in [0.2, 0.25) is 0 Å². The highest BCUT2D eigenvalue weighted by molar-refractivity contribution is 5.94. The molecular weight excluding hydrogens is 373 g/mol. The van der Waals surface area contributed by atoms with E-state index in [-0.39, 0.29) is 30.3 Å². The first kappa shape index (κ1) is 22.6. The fourth-order valence-corrected chi connectivity index (χ4v) is 3.22. The van der Waals surface area contributed by atoms with Gasteiger partial charge in [-0.2, -0.15) is 13.2 Å². The molecule has 1 heterocycles. The third-order valence-electron chi connectivity index (χ3n) is 4.71. The average Bonchev–Trinajstić information content (AvgIpc) is 2.58. The molecule has 2 rings (SSSR count). The van der Waals surface area contributed by atoms with Crippen molar-refractivity contribution in [2.75, 3.05) is 26.2 Å². The van der Waals surface area contributed by atoms with Crippen molar-refractivity contribution in [3.8, 4) is 0 Å². The fraction of sp³-hybridized carbons (Fsp3) is 0.650. The molecule has 0 bridgehead atoms. The first-order valence-electron chi connectivity index (χ1n) is 9.38. The largest absolute Gasteiger partial charge is 0.411 e. The van der Waals surface area contributed by atoms with Crippen molar-refractivity contribution in [2.24, 2.45) is 0 Å². The maximum atomic E-state index is 12.4. The number of hydrogen-bond donors (Lipinski definition) is 1. The van der Waals surface area contributed by atoms with Crippen LogP contribution in [0.3, 0.4) is 0 Å². The SMILES string of the molecule is CC1CN(C(C)(C)CNC(=O)c2ccc(COCC(F)(F)F)cc2)CC(C)O1. The zero-order valence-electron chi connectivity index (χ0n) is 16.8. The summed E-state index contributed by atoms with van der Waals surface area (Å²) in [4.78, 5) is 14.7. The molecule has 1 aromatic carbocycles. The molecular formula is C20H29F3N2O3. The van der Waals surface area contributed by atoms with Gasteiger partial charge in [-0.1, -0.05) is 12.1 Å². The van der Waals surface area contributed by atoms with E-state index in [1.165, 1.54) is 0 Å². The lowest BCUT2D eigenvalue weighted by molar-refractivity contribution is -0.176. The zero-order valence-corrected chi connectivity index (χ0v) is 16.8. The predicted octanol–water partition coefficient (Wildman–Crippen LogP) is 3.38. The van der Waals surface area contributed by atoms with Crippen molar-refractivity contribution in [1.29, 1.82) is 0 Å². The van der Waals surface area contributed by atoms with E-state index in [0.717, 1.165) is 13.1 Å². The molecule has 0 aromatic heterocycles. The fourth-order valence-electron chi connectivity index (χ4n) is 3.22. The van der Waals surface area contributed by atoms with Gasteiger partial charge in [0, 0.05) is 30.7 Å². The number of hydrogen-bond acceptors (Lipinski definition) is 4. The molecule has 1 saturated heterocycles. The molecule has 2 atom stereocenters. The summed E-state index contributed by atoms with van der Waals surface area (Å²) in [6, 6.07) is 6.38. The van der Waals surface area contributed by atoms with E-state index < -0.39 is 12.8 Å². The van der Waals surface area contributed by atoms with Crippen molar-refractivity contribution in [3.05, 3.63) is 35.4 Å². The second-order valence-corrected chi connectivity index (χ2v) is 7.96. The van der Waals surface area contributed by atoms with E-state index >= 15 is 0 Å². The van der Waals surface area contributed by atoms with Crippen LogP contribution in [0.4, 0.5) is 13.2 Å². The van der Waals surface area contributed by atoms with Crippen LogP contribution in [0.15, 0.2) is 24.3 Å². The van der Waals surface area contributed by atoms with Gasteiger partial charge < -0.3 is 14.8 Å². The van der Waals surface area contributed by atoms with Crippen LogP contribution in [0, 0.1) is 0 Å². The molecule has 0 aliphatic carbocycles. The summed E-state index contributed by atoms with van der Waals surface area (Å²) in [5.41, 5.74) is 0.810. The summed E-state index contributed by atoms with van der Waals surface area (Å²) < 4.78 is 46.7. The number of rotatable bonds is 7. The van der Waals surface area contributed by atoms with Gasteiger partial charge in [-0.05, 0) is 45.4 Å². The summed E-state index contributed by atoms with van der Waals surface area (Å²) in [5, 5.41) is 2.95. The number of carbonyl (C=O) groups is 1. The number of benzene rings is 1. The van der Waals surface area contributed by atoms with Crippen molar-refractivity contribution in [1.82, 2.24) is 10.2 Å². The Bertz CT molecular complexity index is 637. The molecule has 28 heavy (non-hydrogen) atoms. The number of nitrogens with one attached hydrogen (secondary N) is 1. The Morgan fingerprint density at radius 2 is 1.75 bits per heavy atom. The van der Waals surface area contributed by atoms with Crippen LogP contribution < -0.4 is 5.32 Å². The Balaban J connectivity index is 1.85. The standard InChI is InChI=1S/C20H29F3N2O3/c1-14-9-25(10-15(2)28-14)19(3,4)12-24-18(26)17-7-5-16(6-8-17)11-27-13-20(21,22)23/h5-8,14-15H,9-13H2,1-4H3,(H,24,26). The molecule has 1 aliphatic heterocycles. The number of amides is 1. The molecule has 158 valence electrons. The maximum Gasteiger partial charge on any atom is 0.411 e. The van der Waals surface area contributed by atoms with Gasteiger partial charge in [0.2, 0.25) is 0 Å². The molecule has 0 radical (unpaired) electrons. The van der Waals surface area contributed by atoms with Gasteiger partial charge in [0.15, 0.2) is 0 Å². The molecule has 1 aromatic rings. The van der Waals surface area contributed by atoms with Crippen LogP contribution >= 0.6 is 0 Å². The van der Waals surface area contributed by atoms with E-state index in [1.807, 2.05) is 13.8 Å². The summed E-state index contributed by atoms with van der Waals surface area (Å²) in [7, 11) is 0. The molecule has 1 amide bonds. The van der Waals surface area contributed by atoms with Crippen molar-refractivity contribution in [3.63, 3.8) is 0 Å². The molecule has 5 nitrogen and oxygen atoms in total. The van der Waals surface area contributed by atoms with Crippen LogP contribution in [-0.4, -0.2) is 61.0 Å². The lowest BCUT2D eigenvalue weighted by Gasteiger charge is -2.45. The van der Waals surface area contributed by atoms with Gasteiger partial charge in [0.1, 0.15) is 6.61 Å². The van der Waals surface area contributed by atoms with Crippen molar-refractivity contribution >= 4 is 5.91 Å². The number of carbonyl (C=O) groups excluding carboxylic acids is 1. The molecule has 0 spiro atoms. The van der Waals surface area contributed by atoms with Crippen LogP contribution in [0.25, 0.3) is 0 Å². The van der Waals surface area contributed by atoms with Gasteiger partial charge in [-0.3, -0.25) is 9.69 Å². The van der Waals surface area contributed by atoms with E-state index in [0.29, 0.717) is 17.7 Å². The number of nitrogens with zero attached hydrogens (tertiary/aromatic N) is 1. The average molecular weight is 402 g/mol. The van der Waals surface area contributed by atoms with Gasteiger partial charge >= 0.3 is 6.18 Å². The number of ether oxygens (including phenoxy) is 2. The number of halogens is 3. The topological polar surface area (TPSA) is 50.8 Å². The minimum Gasteiger partial charge on any atom is -0.373 e. The smallest absolute Gasteiger partial charge is 0.373 e. The number of alkyl halides is 3. The van der Waals surface area contributed by atoms with Gasteiger partial charge in [0.05, 0.1) is 18.8 Å². The zero-order chi connectivity index (χ0) is 20.9. The Labute approximate surface area is 164 Å². The highest BCUT2D eigenvalue weighted by atomic mass is 19.4. The second-order valence-electron chi connectivity index (χ2n) is 7.96. The normalized spacial score (nSPS) is 21.5. The molecule has 2 unspecified atom stereocenters. The first-order valence-corrected chi connectivity index (χ1v) is 9.38. The van der Waals surface area contributed by atoms with E-state index in [2.05, 4.69) is 28.8 Å². The lowest BCUT2D eigenvalue weighted by Crippen LogP contribution is -2.58. The van der Waals surface area contributed by atoms with Gasteiger partial charge in [-0.15, -0.1) is 0 Å². The van der Waals surface area contributed by atoms with E-state index in [4.69, 9.17) is 4.74 Å². The minimum atomic E-state index is -4.34. The Kier molecular flexibility index (Phi) is 7.47. The highest BCUT2D eigenvalue weighted by Crippen LogP contribution is 2.21. The van der Waals surface area contributed by atoms with E-state index in [9.17, 15) is 18.0 Å². The van der Waals surface area contributed by atoms with Crippen LogP contribution in [0.1, 0.15) is 43.6 Å². The Morgan fingerprint density at radius 1 is 1.18 bits per heavy atom. The minimum absolute atomic E-state index is 0.144. The summed E-state index contributed by atoms with van der Waals surface area (Å²) in [6.07, 6.45) is -4.06. The van der Waals surface area contributed by atoms with Crippen molar-refractivity contribution in [2.45, 2.75) is 58.2 Å². The quantitative estimate of drug-likeness (QED) is 0.760. The lowest BCUT2D eigenvalue weighted by atomic mass is 10.00. The van der Waals surface area contributed by atoms with Crippen LogP contribution in [0.5, 0.6) is 0 Å². The van der Waals surface area contributed by atoms with Gasteiger partial charge in [0.25, 0.3) is 5.91 Å². The molecule has 1 aliphatic rings. The monoisotopic (exact) mass is 402 g/mol. The van der Waals surface area contributed by atoms with Crippen molar-refractivity contribution < 1.29 is 27.4 Å². The third kappa shape index (κ3) is 7.07. The van der Waals surface area contributed by atoms with Crippen LogP contribution in [-0.2, 0) is 16.1 Å². The Morgan fingerprint density at radius 3 is 2.29 bits per heavy atom.